The van der Waals surface area contributed by atoms with Crippen LogP contribution in [0.5, 0.6) is 0 Å². The molecule has 0 saturated heterocycles. The quantitative estimate of drug-likeness (QED) is 0.330. The van der Waals surface area contributed by atoms with Gasteiger partial charge in [-0.25, -0.2) is 4.39 Å². The van der Waals surface area contributed by atoms with E-state index in [4.69, 9.17) is 20.4 Å². The van der Waals surface area contributed by atoms with Crippen molar-refractivity contribution in [2.24, 2.45) is 0 Å². The number of benzene rings is 2. The van der Waals surface area contributed by atoms with Gasteiger partial charge >= 0.3 is 0 Å². The third kappa shape index (κ3) is 4.82. The Morgan fingerprint density at radius 3 is 2.50 bits per heavy atom. The van der Waals surface area contributed by atoms with Crippen LogP contribution in [0, 0.1) is 12.7 Å². The van der Waals surface area contributed by atoms with E-state index in [1.807, 2.05) is 25.1 Å². The molecule has 4 rings (SSSR count). The fourth-order valence-electron chi connectivity index (χ4n) is 3.11. The first kappa shape index (κ1) is 21.6. The smallest absolute Gasteiger partial charge is 0.248 e. The molecule has 0 unspecified atom stereocenters. The molecule has 5 nitrogen and oxygen atoms in total. The summed E-state index contributed by atoms with van der Waals surface area (Å²) >= 11 is 5.82. The summed E-state index contributed by atoms with van der Waals surface area (Å²) in [7, 11) is 0. The van der Waals surface area contributed by atoms with E-state index in [0.717, 1.165) is 11.1 Å². The number of aliphatic hydroxyl groups is 1. The minimum absolute atomic E-state index is 0.00935. The maximum atomic E-state index is 13.3. The van der Waals surface area contributed by atoms with Crippen LogP contribution >= 0.6 is 11.6 Å². The number of carbonyl (C=O) groups excluding carboxylic acids is 1. The highest BCUT2D eigenvalue weighted by Gasteiger charge is 2.10. The van der Waals surface area contributed by atoms with Gasteiger partial charge in [0, 0.05) is 22.9 Å². The van der Waals surface area contributed by atoms with Crippen molar-refractivity contribution < 1.29 is 23.1 Å². The molecule has 1 amide bonds. The van der Waals surface area contributed by atoms with Gasteiger partial charge in [-0.1, -0.05) is 23.7 Å². The van der Waals surface area contributed by atoms with Crippen LogP contribution in [-0.2, 0) is 11.4 Å². The van der Waals surface area contributed by atoms with Crippen molar-refractivity contribution in [1.82, 2.24) is 0 Å². The Balaban J connectivity index is 1.46. The van der Waals surface area contributed by atoms with Crippen molar-refractivity contribution in [3.05, 3.63) is 94.7 Å². The number of rotatable bonds is 6. The molecule has 2 aromatic carbocycles. The van der Waals surface area contributed by atoms with E-state index in [2.05, 4.69) is 5.32 Å². The number of carbonyl (C=O) groups is 1. The molecule has 162 valence electrons. The van der Waals surface area contributed by atoms with Crippen molar-refractivity contribution in [2.45, 2.75) is 13.5 Å². The monoisotopic (exact) mass is 451 g/mol. The molecule has 0 atom stereocenters. The minimum Gasteiger partial charge on any atom is -0.459 e. The molecule has 2 heterocycles. The Morgan fingerprint density at radius 1 is 1.03 bits per heavy atom. The van der Waals surface area contributed by atoms with Gasteiger partial charge in [-0.3, -0.25) is 4.79 Å². The number of amides is 1. The van der Waals surface area contributed by atoms with Crippen LogP contribution in [0.3, 0.4) is 0 Å². The van der Waals surface area contributed by atoms with Gasteiger partial charge in [0.25, 0.3) is 0 Å². The van der Waals surface area contributed by atoms with E-state index in [0.29, 0.717) is 34.3 Å². The number of halogens is 2. The average Bonchev–Trinajstić information content (AvgIpc) is 3.45. The first-order chi connectivity index (χ1) is 15.4. The molecular weight excluding hydrogens is 433 g/mol. The standard InChI is InChI=1S/C25H19ClFNO4/c1-15-2-3-17(24-10-6-19(14-29)32-24)13-22(15)28-25(30)11-7-18-5-9-23(31-18)16-4-8-21(27)20(26)12-16/h2-13,29H,14H2,1H3,(H,28,30)/b11-7+. The van der Waals surface area contributed by atoms with E-state index < -0.39 is 5.82 Å². The second-order valence-electron chi connectivity index (χ2n) is 7.11. The second kappa shape index (κ2) is 9.26. The highest BCUT2D eigenvalue weighted by Crippen LogP contribution is 2.28. The van der Waals surface area contributed by atoms with E-state index in [-0.39, 0.29) is 17.5 Å². The second-order valence-corrected chi connectivity index (χ2v) is 7.51. The first-order valence-corrected chi connectivity index (χ1v) is 10.2. The topological polar surface area (TPSA) is 75.6 Å². The molecule has 0 aliphatic carbocycles. The van der Waals surface area contributed by atoms with Crippen LogP contribution in [0.15, 0.2) is 75.6 Å². The summed E-state index contributed by atoms with van der Waals surface area (Å²) in [6, 6.07) is 16.8. The third-order valence-electron chi connectivity index (χ3n) is 4.83. The fraction of sp³-hybridized carbons (Fsp3) is 0.0800. The van der Waals surface area contributed by atoms with E-state index in [1.54, 1.807) is 36.4 Å². The van der Waals surface area contributed by atoms with Gasteiger partial charge < -0.3 is 19.3 Å². The molecule has 2 aromatic heterocycles. The lowest BCUT2D eigenvalue weighted by atomic mass is 10.1. The molecule has 7 heteroatoms. The summed E-state index contributed by atoms with van der Waals surface area (Å²) in [5, 5.41) is 12.0. The Labute approximate surface area is 188 Å². The van der Waals surface area contributed by atoms with Crippen molar-refractivity contribution >= 4 is 29.3 Å². The Morgan fingerprint density at radius 2 is 1.75 bits per heavy atom. The van der Waals surface area contributed by atoms with Crippen LogP contribution in [-0.4, -0.2) is 11.0 Å². The summed E-state index contributed by atoms with van der Waals surface area (Å²) in [6.07, 6.45) is 2.91. The molecule has 0 spiro atoms. The maximum Gasteiger partial charge on any atom is 0.248 e. The summed E-state index contributed by atoms with van der Waals surface area (Å²) in [5.74, 6) is 1.21. The molecule has 2 N–H and O–H groups in total. The lowest BCUT2D eigenvalue weighted by Crippen LogP contribution is -2.09. The van der Waals surface area contributed by atoms with Gasteiger partial charge in [0.05, 0.1) is 5.02 Å². The molecule has 32 heavy (non-hydrogen) atoms. The summed E-state index contributed by atoms with van der Waals surface area (Å²) in [4.78, 5) is 12.4. The number of aryl methyl sites for hydroxylation is 1. The molecule has 0 radical (unpaired) electrons. The minimum atomic E-state index is -0.501. The third-order valence-corrected chi connectivity index (χ3v) is 5.12. The summed E-state index contributed by atoms with van der Waals surface area (Å²) < 4.78 is 24.6. The van der Waals surface area contributed by atoms with E-state index in [1.165, 1.54) is 18.2 Å². The molecule has 0 bridgehead atoms. The van der Waals surface area contributed by atoms with Gasteiger partial charge in [0.15, 0.2) is 0 Å². The van der Waals surface area contributed by atoms with E-state index in [9.17, 15) is 14.3 Å². The molecule has 0 aliphatic heterocycles. The van der Waals surface area contributed by atoms with Crippen molar-refractivity contribution in [2.75, 3.05) is 5.32 Å². The lowest BCUT2D eigenvalue weighted by molar-refractivity contribution is -0.111. The molecule has 4 aromatic rings. The number of anilines is 1. The number of aliphatic hydroxyl groups excluding tert-OH is 1. The predicted octanol–water partition coefficient (Wildman–Crippen LogP) is 6.45. The molecular formula is C25H19ClFNO4. The van der Waals surface area contributed by atoms with Crippen LogP contribution in [0.1, 0.15) is 17.1 Å². The van der Waals surface area contributed by atoms with Gasteiger partial charge in [-0.2, -0.15) is 0 Å². The number of furan rings is 2. The van der Waals surface area contributed by atoms with Gasteiger partial charge in [-0.05, 0) is 67.1 Å². The zero-order valence-electron chi connectivity index (χ0n) is 17.1. The zero-order valence-corrected chi connectivity index (χ0v) is 17.8. The van der Waals surface area contributed by atoms with Gasteiger partial charge in [-0.15, -0.1) is 0 Å². The summed E-state index contributed by atoms with van der Waals surface area (Å²) in [5.41, 5.74) is 2.94. The highest BCUT2D eigenvalue weighted by molar-refractivity contribution is 6.31. The molecule has 0 fully saturated rings. The Kier molecular flexibility index (Phi) is 6.25. The van der Waals surface area contributed by atoms with Crippen molar-refractivity contribution in [1.29, 1.82) is 0 Å². The van der Waals surface area contributed by atoms with Gasteiger partial charge in [0.1, 0.15) is 35.5 Å². The van der Waals surface area contributed by atoms with Crippen LogP contribution in [0.25, 0.3) is 28.7 Å². The fourth-order valence-corrected chi connectivity index (χ4v) is 3.29. The number of hydrogen-bond donors (Lipinski definition) is 2. The predicted molar refractivity (Wildman–Crippen MR) is 122 cm³/mol. The Hall–Kier alpha value is -3.61. The van der Waals surface area contributed by atoms with Crippen LogP contribution in [0.2, 0.25) is 5.02 Å². The number of hydrogen-bond acceptors (Lipinski definition) is 4. The first-order valence-electron chi connectivity index (χ1n) is 9.78. The molecule has 0 aliphatic rings. The largest absolute Gasteiger partial charge is 0.459 e. The summed E-state index contributed by atoms with van der Waals surface area (Å²) in [6.45, 7) is 1.71. The molecule has 0 saturated carbocycles. The van der Waals surface area contributed by atoms with Crippen molar-refractivity contribution in [3.8, 4) is 22.6 Å². The maximum absolute atomic E-state index is 13.3. The average molecular weight is 452 g/mol. The number of nitrogens with one attached hydrogen (secondary N) is 1. The van der Waals surface area contributed by atoms with Crippen LogP contribution in [0.4, 0.5) is 10.1 Å². The van der Waals surface area contributed by atoms with Crippen molar-refractivity contribution in [3.63, 3.8) is 0 Å². The zero-order chi connectivity index (χ0) is 22.7. The SMILES string of the molecule is Cc1ccc(-c2ccc(CO)o2)cc1NC(=O)/C=C/c1ccc(-c2ccc(F)c(Cl)c2)o1. The highest BCUT2D eigenvalue weighted by atomic mass is 35.5. The normalized spacial score (nSPS) is 11.2. The lowest BCUT2D eigenvalue weighted by Gasteiger charge is -2.08. The Bertz CT molecular complexity index is 1310. The van der Waals surface area contributed by atoms with Crippen LogP contribution < -0.4 is 5.32 Å². The van der Waals surface area contributed by atoms with E-state index >= 15 is 0 Å². The van der Waals surface area contributed by atoms with Gasteiger partial charge in [0.2, 0.25) is 5.91 Å².